The fourth-order valence-electron chi connectivity index (χ4n) is 4.50. The summed E-state index contributed by atoms with van der Waals surface area (Å²) in [5.74, 6) is -0.328. The number of aromatic nitrogens is 1. The molecule has 1 fully saturated rings. The van der Waals surface area contributed by atoms with Crippen LogP contribution in [0.1, 0.15) is 45.7 Å². The van der Waals surface area contributed by atoms with Crippen molar-refractivity contribution in [2.24, 2.45) is 0 Å². The Morgan fingerprint density at radius 3 is 2.31 bits per heavy atom. The van der Waals surface area contributed by atoms with Gasteiger partial charge in [0.25, 0.3) is 17.4 Å². The number of pyridine rings is 1. The summed E-state index contributed by atoms with van der Waals surface area (Å²) < 4.78 is 2.49. The Kier molecular flexibility index (Phi) is 6.70. The molecule has 4 aromatic rings. The Morgan fingerprint density at radius 2 is 1.60 bits per heavy atom. The van der Waals surface area contributed by atoms with Gasteiger partial charge in [-0.25, -0.2) is 0 Å². The smallest absolute Gasteiger partial charge is 0.261 e. The van der Waals surface area contributed by atoms with Crippen LogP contribution in [-0.2, 0) is 0 Å². The minimum atomic E-state index is -0.195. The van der Waals surface area contributed by atoms with Crippen LogP contribution in [0.15, 0.2) is 77.7 Å². The van der Waals surface area contributed by atoms with Gasteiger partial charge in [0.05, 0.1) is 4.88 Å². The monoisotopic (exact) mass is 505 g/mol. The molecule has 6 nitrogen and oxygen atoms in total. The van der Waals surface area contributed by atoms with E-state index in [0.717, 1.165) is 35.8 Å². The van der Waals surface area contributed by atoms with E-state index in [1.807, 2.05) is 24.3 Å². The molecular formula is C27H24ClN3O3S. The van der Waals surface area contributed by atoms with Crippen LogP contribution in [0.3, 0.4) is 0 Å². The summed E-state index contributed by atoms with van der Waals surface area (Å²) in [6.07, 6.45) is 5.30. The van der Waals surface area contributed by atoms with Crippen molar-refractivity contribution < 1.29 is 9.59 Å². The molecule has 8 heteroatoms. The highest BCUT2D eigenvalue weighted by atomic mass is 35.5. The number of carbonyl (C=O) groups excluding carboxylic acids is 2. The van der Waals surface area contributed by atoms with E-state index in [-0.39, 0.29) is 29.5 Å². The minimum Gasteiger partial charge on any atom is -0.347 e. The third-order valence-electron chi connectivity index (χ3n) is 6.33. The first-order chi connectivity index (χ1) is 17.0. The summed E-state index contributed by atoms with van der Waals surface area (Å²) >= 11 is 7.49. The summed E-state index contributed by atoms with van der Waals surface area (Å²) in [4.78, 5) is 38.6. The Bertz CT molecular complexity index is 1440. The maximum Gasteiger partial charge on any atom is 0.261 e. The van der Waals surface area contributed by atoms with Gasteiger partial charge in [-0.1, -0.05) is 36.6 Å². The second kappa shape index (κ2) is 10.1. The fraction of sp³-hybridized carbons (Fsp3) is 0.222. The van der Waals surface area contributed by atoms with Crippen molar-refractivity contribution >= 4 is 44.8 Å². The summed E-state index contributed by atoms with van der Waals surface area (Å²) in [7, 11) is 0. The number of rotatable bonds is 5. The lowest BCUT2D eigenvalue weighted by atomic mass is 9.90. The maximum atomic E-state index is 13.0. The molecule has 0 radical (unpaired) electrons. The van der Waals surface area contributed by atoms with Crippen LogP contribution >= 0.6 is 22.9 Å². The zero-order valence-corrected chi connectivity index (χ0v) is 20.4. The maximum absolute atomic E-state index is 13.0. The summed E-state index contributed by atoms with van der Waals surface area (Å²) in [5, 5.41) is 7.88. The van der Waals surface area contributed by atoms with Crippen LogP contribution in [0.2, 0.25) is 5.02 Å². The van der Waals surface area contributed by atoms with Crippen molar-refractivity contribution in [2.75, 3.05) is 0 Å². The molecule has 0 saturated heterocycles. The number of nitrogens with one attached hydrogen (secondary N) is 2. The zero-order chi connectivity index (χ0) is 24.4. The fourth-order valence-corrected chi connectivity index (χ4v) is 5.74. The lowest BCUT2D eigenvalue weighted by Gasteiger charge is -2.32. The molecule has 2 amide bonds. The summed E-state index contributed by atoms with van der Waals surface area (Å²) in [6, 6.07) is 19.1. The molecule has 2 atom stereocenters. The first kappa shape index (κ1) is 23.3. The number of benzene rings is 2. The van der Waals surface area contributed by atoms with Gasteiger partial charge in [0, 0.05) is 45.3 Å². The topological polar surface area (TPSA) is 80.2 Å². The van der Waals surface area contributed by atoms with E-state index in [4.69, 9.17) is 11.6 Å². The van der Waals surface area contributed by atoms with Crippen molar-refractivity contribution in [2.45, 2.75) is 37.8 Å². The number of hydrogen-bond donors (Lipinski definition) is 2. The average Bonchev–Trinajstić information content (AvgIpc) is 3.29. The predicted octanol–water partition coefficient (Wildman–Crippen LogP) is 5.18. The van der Waals surface area contributed by atoms with Gasteiger partial charge < -0.3 is 10.6 Å². The molecule has 0 bridgehead atoms. The Labute approximate surface area is 211 Å². The van der Waals surface area contributed by atoms with Crippen LogP contribution in [0.25, 0.3) is 15.8 Å². The largest absolute Gasteiger partial charge is 0.347 e. The third kappa shape index (κ3) is 5.16. The van der Waals surface area contributed by atoms with Crippen molar-refractivity contribution in [3.05, 3.63) is 98.7 Å². The number of thiophene rings is 1. The summed E-state index contributed by atoms with van der Waals surface area (Å²) in [5.41, 5.74) is 1.07. The van der Waals surface area contributed by atoms with Crippen molar-refractivity contribution in [1.29, 1.82) is 0 Å². The van der Waals surface area contributed by atoms with E-state index >= 15 is 0 Å². The quantitative estimate of drug-likeness (QED) is 0.392. The van der Waals surface area contributed by atoms with E-state index < -0.39 is 0 Å². The van der Waals surface area contributed by atoms with Gasteiger partial charge in [0.2, 0.25) is 0 Å². The highest BCUT2D eigenvalue weighted by Gasteiger charge is 2.29. The minimum absolute atomic E-state index is 0.132. The number of hydrogen-bond acceptors (Lipinski definition) is 4. The SMILES string of the molecule is O=C(N[C@H]1CCCC[C@H]1NC(=O)c1cc2ccc(Cl)cc2s1)c1ccc(-n2ccccc2=O)cc1. The zero-order valence-electron chi connectivity index (χ0n) is 18.9. The molecule has 2 heterocycles. The Morgan fingerprint density at radius 1 is 0.886 bits per heavy atom. The van der Waals surface area contributed by atoms with E-state index in [2.05, 4.69) is 10.6 Å². The first-order valence-electron chi connectivity index (χ1n) is 11.6. The standard InChI is InChI=1S/C27H24ClN3O3S/c28-19-11-8-18-15-24(35-23(18)16-19)27(34)30-22-6-2-1-5-21(22)29-26(33)17-9-12-20(13-10-17)31-14-4-3-7-25(31)32/h3-4,7-16,21-22H,1-2,5-6H2,(H,29,33)(H,30,34)/t21-,22+/m0/s1. The second-order valence-electron chi connectivity index (χ2n) is 8.69. The van der Waals surface area contributed by atoms with E-state index in [0.29, 0.717) is 21.2 Å². The van der Waals surface area contributed by atoms with Crippen molar-refractivity contribution in [3.8, 4) is 5.69 Å². The van der Waals surface area contributed by atoms with Gasteiger partial charge in [0.15, 0.2) is 0 Å². The predicted molar refractivity (Wildman–Crippen MR) is 140 cm³/mol. The van der Waals surface area contributed by atoms with Crippen molar-refractivity contribution in [3.63, 3.8) is 0 Å². The molecule has 2 aromatic heterocycles. The molecule has 0 spiro atoms. The van der Waals surface area contributed by atoms with E-state index in [9.17, 15) is 14.4 Å². The lowest BCUT2D eigenvalue weighted by molar-refractivity contribution is 0.0865. The van der Waals surface area contributed by atoms with Crippen LogP contribution in [0.4, 0.5) is 0 Å². The lowest BCUT2D eigenvalue weighted by Crippen LogP contribution is -2.53. The molecule has 5 rings (SSSR count). The van der Waals surface area contributed by atoms with Crippen molar-refractivity contribution in [1.82, 2.24) is 15.2 Å². The highest BCUT2D eigenvalue weighted by molar-refractivity contribution is 7.20. The van der Waals surface area contributed by atoms with Gasteiger partial charge in [-0.05, 0) is 66.8 Å². The third-order valence-corrected chi connectivity index (χ3v) is 7.67. The molecule has 1 aliphatic rings. The highest BCUT2D eigenvalue weighted by Crippen LogP contribution is 2.29. The van der Waals surface area contributed by atoms with E-state index in [1.165, 1.54) is 22.0 Å². The molecule has 2 N–H and O–H groups in total. The average molecular weight is 506 g/mol. The Balaban J connectivity index is 1.27. The molecular weight excluding hydrogens is 482 g/mol. The second-order valence-corrected chi connectivity index (χ2v) is 10.2. The van der Waals surface area contributed by atoms with Gasteiger partial charge in [-0.3, -0.25) is 19.0 Å². The van der Waals surface area contributed by atoms with E-state index in [1.54, 1.807) is 42.6 Å². The molecule has 0 aliphatic heterocycles. The number of nitrogens with zero attached hydrogens (tertiary/aromatic N) is 1. The number of halogens is 1. The van der Waals surface area contributed by atoms with Crippen LogP contribution < -0.4 is 16.2 Å². The number of carbonyl (C=O) groups is 2. The first-order valence-corrected chi connectivity index (χ1v) is 12.8. The van der Waals surface area contributed by atoms with Gasteiger partial charge in [-0.15, -0.1) is 11.3 Å². The van der Waals surface area contributed by atoms with Crippen LogP contribution in [0, 0.1) is 0 Å². The normalized spacial score (nSPS) is 17.7. The molecule has 35 heavy (non-hydrogen) atoms. The summed E-state index contributed by atoms with van der Waals surface area (Å²) in [6.45, 7) is 0. The van der Waals surface area contributed by atoms with Crippen LogP contribution in [-0.4, -0.2) is 28.5 Å². The molecule has 178 valence electrons. The molecule has 0 unspecified atom stereocenters. The molecule has 1 saturated carbocycles. The number of amides is 2. The van der Waals surface area contributed by atoms with Crippen LogP contribution in [0.5, 0.6) is 0 Å². The molecule has 1 aliphatic carbocycles. The Hall–Kier alpha value is -3.42. The van der Waals surface area contributed by atoms with Gasteiger partial charge >= 0.3 is 0 Å². The molecule has 2 aromatic carbocycles. The van der Waals surface area contributed by atoms with Gasteiger partial charge in [0.1, 0.15) is 0 Å². The number of fused-ring (bicyclic) bond motifs is 1. The van der Waals surface area contributed by atoms with Gasteiger partial charge in [-0.2, -0.15) is 0 Å².